The van der Waals surface area contributed by atoms with Crippen molar-refractivity contribution in [1.82, 2.24) is 0 Å². The minimum absolute atomic E-state index is 0.675. The Hall–Kier alpha value is -1.63. The van der Waals surface area contributed by atoms with E-state index in [4.69, 9.17) is 11.6 Å². The molecule has 0 radical (unpaired) electrons. The number of nitriles is 1. The molecule has 0 saturated heterocycles. The number of hydrogen-bond donors (Lipinski definition) is 0. The van der Waals surface area contributed by atoms with Crippen molar-refractivity contribution in [3.05, 3.63) is 50.9 Å². The van der Waals surface area contributed by atoms with Crippen LogP contribution in [0.4, 0.5) is 5.00 Å². The molecular formula is C15H11ClN2S. The van der Waals surface area contributed by atoms with Crippen molar-refractivity contribution in [2.75, 3.05) is 0 Å². The van der Waals surface area contributed by atoms with Crippen molar-refractivity contribution >= 4 is 34.2 Å². The van der Waals surface area contributed by atoms with Gasteiger partial charge in [-0.25, -0.2) is 4.99 Å². The zero-order chi connectivity index (χ0) is 13.2. The fraction of sp³-hybridized carbons (Fsp3) is 0.200. The first kappa shape index (κ1) is 12.4. The summed E-state index contributed by atoms with van der Waals surface area (Å²) in [4.78, 5) is 5.78. The topological polar surface area (TPSA) is 36.1 Å². The highest BCUT2D eigenvalue weighted by atomic mass is 35.5. The molecule has 1 aliphatic rings. The summed E-state index contributed by atoms with van der Waals surface area (Å²) in [5, 5.41) is 10.8. The molecule has 4 heteroatoms. The van der Waals surface area contributed by atoms with Gasteiger partial charge in [0.05, 0.1) is 5.56 Å². The molecule has 1 aromatic carbocycles. The maximum atomic E-state index is 9.28. The van der Waals surface area contributed by atoms with Crippen LogP contribution in [0.1, 0.15) is 28.0 Å². The molecule has 0 saturated carbocycles. The van der Waals surface area contributed by atoms with E-state index in [9.17, 15) is 5.26 Å². The molecule has 19 heavy (non-hydrogen) atoms. The van der Waals surface area contributed by atoms with Crippen molar-refractivity contribution in [2.45, 2.75) is 19.3 Å². The zero-order valence-electron chi connectivity index (χ0n) is 10.2. The summed E-state index contributed by atoms with van der Waals surface area (Å²) in [5.74, 6) is 0. The van der Waals surface area contributed by atoms with Crippen LogP contribution < -0.4 is 0 Å². The van der Waals surface area contributed by atoms with Crippen LogP contribution in [-0.2, 0) is 12.8 Å². The van der Waals surface area contributed by atoms with Crippen LogP contribution in [0.15, 0.2) is 29.3 Å². The molecule has 0 aliphatic heterocycles. The van der Waals surface area contributed by atoms with Gasteiger partial charge in [0.15, 0.2) is 0 Å². The number of fused-ring (bicyclic) bond motifs is 1. The van der Waals surface area contributed by atoms with Gasteiger partial charge in [-0.3, -0.25) is 0 Å². The lowest BCUT2D eigenvalue weighted by molar-refractivity contribution is 0.913. The monoisotopic (exact) mass is 286 g/mol. The van der Waals surface area contributed by atoms with Crippen molar-refractivity contribution in [1.29, 1.82) is 5.26 Å². The Bertz CT molecular complexity index is 695. The van der Waals surface area contributed by atoms with Crippen LogP contribution in [0.25, 0.3) is 0 Å². The molecule has 0 spiro atoms. The molecule has 0 atom stereocenters. The normalized spacial score (nSPS) is 13.7. The summed E-state index contributed by atoms with van der Waals surface area (Å²) in [5.41, 5.74) is 2.83. The summed E-state index contributed by atoms with van der Waals surface area (Å²) in [6.07, 6.45) is 4.99. The predicted molar refractivity (Wildman–Crippen MR) is 79.8 cm³/mol. The number of aliphatic imine (C=N–C) groups is 1. The Morgan fingerprint density at radius 3 is 2.95 bits per heavy atom. The maximum absolute atomic E-state index is 9.28. The van der Waals surface area contributed by atoms with Gasteiger partial charge in [-0.1, -0.05) is 29.8 Å². The average Bonchev–Trinajstić information content (AvgIpc) is 2.97. The van der Waals surface area contributed by atoms with Gasteiger partial charge in [-0.2, -0.15) is 5.26 Å². The fourth-order valence-electron chi connectivity index (χ4n) is 2.30. The summed E-state index contributed by atoms with van der Waals surface area (Å²) in [6, 6.07) is 9.85. The van der Waals surface area contributed by atoms with Gasteiger partial charge >= 0.3 is 0 Å². The van der Waals surface area contributed by atoms with E-state index in [1.54, 1.807) is 17.6 Å². The van der Waals surface area contributed by atoms with Crippen LogP contribution in [0.5, 0.6) is 0 Å². The summed E-state index contributed by atoms with van der Waals surface area (Å²) < 4.78 is 0. The Morgan fingerprint density at radius 1 is 1.32 bits per heavy atom. The number of hydrogen-bond acceptors (Lipinski definition) is 3. The van der Waals surface area contributed by atoms with Crippen LogP contribution in [0, 0.1) is 11.3 Å². The third kappa shape index (κ3) is 2.30. The highest BCUT2D eigenvalue weighted by molar-refractivity contribution is 7.16. The molecule has 2 aromatic rings. The van der Waals surface area contributed by atoms with Crippen molar-refractivity contribution in [3.8, 4) is 6.07 Å². The molecule has 1 heterocycles. The van der Waals surface area contributed by atoms with E-state index in [0.29, 0.717) is 5.02 Å². The van der Waals surface area contributed by atoms with E-state index >= 15 is 0 Å². The Labute approximate surface area is 121 Å². The van der Waals surface area contributed by atoms with E-state index < -0.39 is 0 Å². The quantitative estimate of drug-likeness (QED) is 0.748. The molecule has 3 rings (SSSR count). The van der Waals surface area contributed by atoms with Gasteiger partial charge in [0.1, 0.15) is 11.1 Å². The summed E-state index contributed by atoms with van der Waals surface area (Å²) in [7, 11) is 0. The molecular weight excluding hydrogens is 276 g/mol. The van der Waals surface area contributed by atoms with Gasteiger partial charge in [0.2, 0.25) is 0 Å². The summed E-state index contributed by atoms with van der Waals surface area (Å²) >= 11 is 7.72. The van der Waals surface area contributed by atoms with E-state index in [1.807, 2.05) is 24.3 Å². The molecule has 94 valence electrons. The second kappa shape index (κ2) is 5.16. The van der Waals surface area contributed by atoms with Gasteiger partial charge in [-0.05, 0) is 30.9 Å². The smallest absolute Gasteiger partial charge is 0.134 e. The van der Waals surface area contributed by atoms with Crippen LogP contribution >= 0.6 is 22.9 Å². The van der Waals surface area contributed by atoms with Crippen molar-refractivity contribution in [3.63, 3.8) is 0 Å². The molecule has 1 aromatic heterocycles. The fourth-order valence-corrected chi connectivity index (χ4v) is 3.67. The van der Waals surface area contributed by atoms with Gasteiger partial charge in [0.25, 0.3) is 0 Å². The highest BCUT2D eigenvalue weighted by Crippen LogP contribution is 2.40. The molecule has 2 nitrogen and oxygen atoms in total. The lowest BCUT2D eigenvalue weighted by atomic mass is 10.1. The number of nitrogens with zero attached hydrogens (tertiary/aromatic N) is 2. The standard InChI is InChI=1S/C15H11ClN2S/c16-13-6-2-1-4-10(13)9-18-15-12(8-17)11-5-3-7-14(11)19-15/h1-2,4,6,9H,3,5,7H2/b18-9+. The number of halogens is 1. The second-order valence-corrected chi connectivity index (χ2v) is 5.92. The lowest BCUT2D eigenvalue weighted by Crippen LogP contribution is -1.83. The number of aryl methyl sites for hydroxylation is 1. The Morgan fingerprint density at radius 2 is 2.16 bits per heavy atom. The van der Waals surface area contributed by atoms with Crippen LogP contribution in [0.3, 0.4) is 0 Å². The van der Waals surface area contributed by atoms with Gasteiger partial charge < -0.3 is 0 Å². The van der Waals surface area contributed by atoms with Crippen LogP contribution in [-0.4, -0.2) is 6.21 Å². The molecule has 0 unspecified atom stereocenters. The first-order valence-electron chi connectivity index (χ1n) is 6.13. The second-order valence-electron chi connectivity index (χ2n) is 4.43. The first-order chi connectivity index (χ1) is 9.29. The number of thiophene rings is 1. The highest BCUT2D eigenvalue weighted by Gasteiger charge is 2.21. The minimum atomic E-state index is 0.675. The third-order valence-electron chi connectivity index (χ3n) is 3.24. The van der Waals surface area contributed by atoms with E-state index in [2.05, 4.69) is 11.1 Å². The van der Waals surface area contributed by atoms with Crippen LogP contribution in [0.2, 0.25) is 5.02 Å². The molecule has 0 amide bonds. The molecule has 0 bridgehead atoms. The molecule has 1 aliphatic carbocycles. The first-order valence-corrected chi connectivity index (χ1v) is 7.32. The number of benzene rings is 1. The van der Waals surface area contributed by atoms with Crippen molar-refractivity contribution < 1.29 is 0 Å². The van der Waals surface area contributed by atoms with E-state index in [0.717, 1.165) is 35.4 Å². The largest absolute Gasteiger partial charge is 0.244 e. The summed E-state index contributed by atoms with van der Waals surface area (Å²) in [6.45, 7) is 0. The minimum Gasteiger partial charge on any atom is -0.244 e. The molecule has 0 N–H and O–H groups in total. The predicted octanol–water partition coefficient (Wildman–Crippen LogP) is 4.51. The Kier molecular flexibility index (Phi) is 3.37. The van der Waals surface area contributed by atoms with Gasteiger partial charge in [0, 0.05) is 21.7 Å². The van der Waals surface area contributed by atoms with E-state index in [-0.39, 0.29) is 0 Å². The lowest BCUT2D eigenvalue weighted by Gasteiger charge is -1.96. The SMILES string of the molecule is N#Cc1c(/N=C/c2ccccc2Cl)sc2c1CCC2. The van der Waals surface area contributed by atoms with Gasteiger partial charge in [-0.15, -0.1) is 11.3 Å². The third-order valence-corrected chi connectivity index (χ3v) is 4.78. The number of rotatable bonds is 2. The van der Waals surface area contributed by atoms with E-state index in [1.165, 1.54) is 10.4 Å². The maximum Gasteiger partial charge on any atom is 0.134 e. The molecule has 0 fully saturated rings. The average molecular weight is 287 g/mol. The Balaban J connectivity index is 1.97. The zero-order valence-corrected chi connectivity index (χ0v) is 11.8. The van der Waals surface area contributed by atoms with Crippen molar-refractivity contribution in [2.24, 2.45) is 4.99 Å².